The zero-order chi connectivity index (χ0) is 20.1. The summed E-state index contributed by atoms with van der Waals surface area (Å²) in [4.78, 5) is 24.0. The second-order valence-electron chi connectivity index (χ2n) is 5.62. The van der Waals surface area contributed by atoms with Crippen molar-refractivity contribution in [1.29, 1.82) is 0 Å². The summed E-state index contributed by atoms with van der Waals surface area (Å²) < 4.78 is 25.5. The molecule has 0 aromatic carbocycles. The summed E-state index contributed by atoms with van der Waals surface area (Å²) in [6.07, 6.45) is -0.330. The largest absolute Gasteiger partial charge is 0.870 e. The van der Waals surface area contributed by atoms with Gasteiger partial charge >= 0.3 is 12.1 Å². The van der Waals surface area contributed by atoms with Crippen molar-refractivity contribution in [3.8, 4) is 11.5 Å². The molecule has 1 fully saturated rings. The summed E-state index contributed by atoms with van der Waals surface area (Å²) in [6.45, 7) is 1.37. The summed E-state index contributed by atoms with van der Waals surface area (Å²) in [5.41, 5.74) is 0. The predicted molar refractivity (Wildman–Crippen MR) is 82.8 cm³/mol. The molecule has 28 heavy (non-hydrogen) atoms. The van der Waals surface area contributed by atoms with Gasteiger partial charge in [-0.1, -0.05) is 10.1 Å². The van der Waals surface area contributed by atoms with Crippen molar-refractivity contribution in [2.45, 2.75) is 13.1 Å². The maximum absolute atomic E-state index is 12.7. The maximum Gasteiger partial charge on any atom is 0.511 e. The van der Waals surface area contributed by atoms with Crippen molar-refractivity contribution < 1.29 is 47.9 Å². The van der Waals surface area contributed by atoms with Gasteiger partial charge in [0, 0.05) is 18.5 Å². The molecule has 2 aliphatic rings. The van der Waals surface area contributed by atoms with Crippen LogP contribution in [0.15, 0.2) is 17.4 Å². The number of ether oxygens (including phenoxy) is 5. The minimum atomic E-state index is -1.19. The fraction of sp³-hybridized carbons (Fsp3) is 0.500. The van der Waals surface area contributed by atoms with Crippen molar-refractivity contribution >= 4 is 18.0 Å². The monoisotopic (exact) mass is 396 g/mol. The molecule has 152 valence electrons. The summed E-state index contributed by atoms with van der Waals surface area (Å²) in [7, 11) is 0. The predicted octanol–water partition coefficient (Wildman–Crippen LogP) is -2.77. The molecule has 0 radical (unpaired) electrons. The van der Waals surface area contributed by atoms with E-state index in [2.05, 4.69) is 19.3 Å². The van der Waals surface area contributed by atoms with Gasteiger partial charge in [0.2, 0.25) is 19.2 Å². The number of rotatable bonds is 6. The molecule has 12 heteroatoms. The van der Waals surface area contributed by atoms with Gasteiger partial charge in [-0.05, 0) is 12.0 Å². The summed E-state index contributed by atoms with van der Waals surface area (Å²) in [5, 5.41) is 29.1. The zero-order valence-corrected chi connectivity index (χ0v) is 15.0. The van der Waals surface area contributed by atoms with E-state index in [0.29, 0.717) is 13.2 Å². The average Bonchev–Trinajstić information content (AvgIpc) is 2.68. The van der Waals surface area contributed by atoms with Gasteiger partial charge in [0.25, 0.3) is 5.35 Å². The third-order valence-electron chi connectivity index (χ3n) is 3.85. The SMILES string of the molecule is CCOC(=O)COC(=O)OCOc1c([O-])cc[n+]2c1=C([O-])N1CCOC[C@H]1N=2. The molecule has 0 amide bonds. The first-order valence-corrected chi connectivity index (χ1v) is 8.44. The Bertz CT molecular complexity index is 873. The second kappa shape index (κ2) is 8.61. The second-order valence-corrected chi connectivity index (χ2v) is 5.62. The Hall–Kier alpha value is -3.28. The van der Waals surface area contributed by atoms with Crippen molar-refractivity contribution in [2.24, 2.45) is 5.11 Å². The van der Waals surface area contributed by atoms with E-state index in [-0.39, 0.29) is 24.3 Å². The lowest BCUT2D eigenvalue weighted by molar-refractivity contribution is -0.581. The van der Waals surface area contributed by atoms with Gasteiger partial charge in [0.1, 0.15) is 0 Å². The van der Waals surface area contributed by atoms with Crippen LogP contribution >= 0.6 is 0 Å². The first-order valence-electron chi connectivity index (χ1n) is 8.44. The molecule has 3 heterocycles. The Kier molecular flexibility index (Phi) is 5.99. The van der Waals surface area contributed by atoms with Crippen molar-refractivity contribution in [1.82, 2.24) is 4.90 Å². The number of fused-ring (bicyclic) bond motifs is 2. The molecule has 2 aliphatic heterocycles. The highest BCUT2D eigenvalue weighted by Gasteiger charge is 2.30. The van der Waals surface area contributed by atoms with E-state index in [9.17, 15) is 19.8 Å². The Balaban J connectivity index is 1.70. The topological polar surface area (TPSA) is 148 Å². The first-order chi connectivity index (χ1) is 13.5. The molecule has 1 saturated heterocycles. The quantitative estimate of drug-likeness (QED) is 0.281. The lowest BCUT2D eigenvalue weighted by atomic mass is 10.3. The van der Waals surface area contributed by atoms with Crippen molar-refractivity contribution in [3.05, 3.63) is 17.6 Å². The van der Waals surface area contributed by atoms with Crippen molar-refractivity contribution in [2.75, 3.05) is 39.8 Å². The first kappa shape index (κ1) is 19.5. The van der Waals surface area contributed by atoms with Crippen LogP contribution in [0.3, 0.4) is 0 Å². The Morgan fingerprint density at radius 3 is 2.96 bits per heavy atom. The molecule has 3 rings (SSSR count). The van der Waals surface area contributed by atoms with Gasteiger partial charge in [-0.15, -0.1) is 0 Å². The molecule has 1 aromatic rings. The van der Waals surface area contributed by atoms with E-state index < -0.39 is 43.3 Å². The summed E-state index contributed by atoms with van der Waals surface area (Å²) in [6, 6.07) is 1.17. The van der Waals surface area contributed by atoms with Gasteiger partial charge in [-0.25, -0.2) is 9.59 Å². The number of nitrogens with zero attached hydrogens (tertiary/aromatic N) is 3. The number of morpholine rings is 1. The van der Waals surface area contributed by atoms with Crippen LogP contribution in [0.25, 0.3) is 5.88 Å². The van der Waals surface area contributed by atoms with Crippen LogP contribution in [0.5, 0.6) is 11.5 Å². The highest BCUT2D eigenvalue weighted by atomic mass is 16.8. The highest BCUT2D eigenvalue weighted by molar-refractivity contribution is 5.73. The van der Waals surface area contributed by atoms with E-state index >= 15 is 0 Å². The van der Waals surface area contributed by atoms with Crippen molar-refractivity contribution in [3.63, 3.8) is 0 Å². The zero-order valence-electron chi connectivity index (χ0n) is 15.0. The number of hydrogen-bond acceptors (Lipinski definition) is 11. The van der Waals surface area contributed by atoms with E-state index in [1.165, 1.54) is 21.5 Å². The average molecular weight is 396 g/mol. The molecule has 0 saturated carbocycles. The minimum Gasteiger partial charge on any atom is -0.870 e. The van der Waals surface area contributed by atoms with Gasteiger partial charge in [0.05, 0.1) is 19.8 Å². The molecule has 12 nitrogen and oxygen atoms in total. The highest BCUT2D eigenvalue weighted by Crippen LogP contribution is 2.19. The molecule has 0 unspecified atom stereocenters. The van der Waals surface area contributed by atoms with Crippen LogP contribution in [0.4, 0.5) is 4.79 Å². The normalized spacial score (nSPS) is 17.7. The van der Waals surface area contributed by atoms with E-state index in [1.54, 1.807) is 6.92 Å². The van der Waals surface area contributed by atoms with E-state index in [0.717, 1.165) is 0 Å². The van der Waals surface area contributed by atoms with Gasteiger partial charge in [0.15, 0.2) is 12.4 Å². The summed E-state index contributed by atoms with van der Waals surface area (Å²) >= 11 is 0. The molecule has 1 atom stereocenters. The number of carbonyl (C=O) groups is 2. The minimum absolute atomic E-state index is 0.0749. The lowest BCUT2D eigenvalue weighted by Crippen LogP contribution is -2.58. The van der Waals surface area contributed by atoms with Crippen LogP contribution in [0, 0.1) is 0 Å². The molecule has 0 N–H and O–H groups in total. The Morgan fingerprint density at radius 1 is 1.36 bits per heavy atom. The summed E-state index contributed by atoms with van der Waals surface area (Å²) in [5.74, 6) is -2.06. The molecule has 0 bridgehead atoms. The third-order valence-corrected chi connectivity index (χ3v) is 3.85. The van der Waals surface area contributed by atoms with Crippen LogP contribution in [-0.4, -0.2) is 63.0 Å². The van der Waals surface area contributed by atoms with Crippen LogP contribution in [0.1, 0.15) is 6.92 Å². The number of esters is 1. The Labute approximate surface area is 158 Å². The molecular formula is C16H18N3O9-. The Morgan fingerprint density at radius 2 is 2.18 bits per heavy atom. The van der Waals surface area contributed by atoms with Gasteiger partial charge in [-0.2, -0.15) is 0 Å². The number of pyridine rings is 1. The molecule has 1 aromatic heterocycles. The number of aromatic nitrogens is 1. The molecule has 0 spiro atoms. The van der Waals surface area contributed by atoms with Gasteiger partial charge < -0.3 is 38.8 Å². The fourth-order valence-corrected chi connectivity index (χ4v) is 2.64. The lowest BCUT2D eigenvalue weighted by Gasteiger charge is -2.37. The fourth-order valence-electron chi connectivity index (χ4n) is 2.64. The molecule has 0 aliphatic carbocycles. The smallest absolute Gasteiger partial charge is 0.511 e. The van der Waals surface area contributed by atoms with E-state index in [1.807, 2.05) is 0 Å². The van der Waals surface area contributed by atoms with Crippen LogP contribution < -0.4 is 24.7 Å². The molecular weight excluding hydrogens is 378 g/mol. The van der Waals surface area contributed by atoms with Crippen LogP contribution in [0.2, 0.25) is 0 Å². The van der Waals surface area contributed by atoms with Gasteiger partial charge in [-0.3, -0.25) is 0 Å². The van der Waals surface area contributed by atoms with E-state index in [4.69, 9.17) is 9.47 Å². The standard InChI is InChI=1S/C16H18N3O9/c1-2-25-12(21)8-26-16(23)28-9-27-14-10(20)3-4-19-13(14)15(22)18-5-6-24-7-11(18)17-19/h3-4,11H,2,5-9H2,1H3/q-1/t11-/m0/s1. The maximum atomic E-state index is 12.7. The number of carbonyl (C=O) groups excluding carboxylic acids is 2. The third kappa shape index (κ3) is 4.17. The van der Waals surface area contributed by atoms with Crippen LogP contribution in [-0.2, 0) is 23.7 Å². The number of hydrogen-bond donors (Lipinski definition) is 0.